The third-order valence-electron chi connectivity index (χ3n) is 13.7. The van der Waals surface area contributed by atoms with Crippen molar-refractivity contribution in [2.75, 3.05) is 4.90 Å². The molecule has 2 aliphatic carbocycles. The van der Waals surface area contributed by atoms with E-state index in [1.165, 1.54) is 98.4 Å². The molecule has 65 heavy (non-hydrogen) atoms. The van der Waals surface area contributed by atoms with Crippen molar-refractivity contribution < 1.29 is 0 Å². The first kappa shape index (κ1) is 37.5. The highest BCUT2D eigenvalue weighted by atomic mass is 32.1. The molecule has 1 aromatic heterocycles. The van der Waals surface area contributed by atoms with Crippen molar-refractivity contribution in [2.24, 2.45) is 0 Å². The first-order chi connectivity index (χ1) is 32.3. The van der Waals surface area contributed by atoms with Crippen molar-refractivity contribution in [3.63, 3.8) is 0 Å². The van der Waals surface area contributed by atoms with Crippen LogP contribution in [0.1, 0.15) is 22.3 Å². The highest BCUT2D eigenvalue weighted by Gasteiger charge is 2.54. The molecule has 13 rings (SSSR count). The van der Waals surface area contributed by atoms with Crippen molar-refractivity contribution in [1.82, 2.24) is 0 Å². The van der Waals surface area contributed by atoms with Gasteiger partial charge < -0.3 is 4.90 Å². The number of thiophene rings is 1. The van der Waals surface area contributed by atoms with Gasteiger partial charge in [-0.15, -0.1) is 11.3 Å². The molecular weight excluding hydrogens is 803 g/mol. The molecule has 304 valence electrons. The second-order valence-electron chi connectivity index (χ2n) is 17.1. The summed E-state index contributed by atoms with van der Waals surface area (Å²) in [6.45, 7) is 0. The Hall–Kier alpha value is -8.04. The zero-order valence-corrected chi connectivity index (χ0v) is 36.3. The lowest BCUT2D eigenvalue weighted by molar-refractivity contribution is 0.798. The monoisotopic (exact) mass is 843 g/mol. The van der Waals surface area contributed by atoms with Crippen molar-refractivity contribution in [3.8, 4) is 65.4 Å². The number of hydrogen-bond acceptors (Lipinski definition) is 2. The Bertz CT molecular complexity index is 3530. The topological polar surface area (TPSA) is 3.24 Å². The molecule has 1 spiro atoms. The van der Waals surface area contributed by atoms with Crippen molar-refractivity contribution in [3.05, 3.63) is 271 Å². The average molecular weight is 844 g/mol. The molecule has 1 nitrogen and oxygen atoms in total. The lowest BCUT2D eigenvalue weighted by Crippen LogP contribution is -2.26. The Morgan fingerprint density at radius 3 is 1.43 bits per heavy atom. The van der Waals surface area contributed by atoms with Crippen LogP contribution in [0.3, 0.4) is 0 Å². The van der Waals surface area contributed by atoms with Gasteiger partial charge in [-0.3, -0.25) is 0 Å². The van der Waals surface area contributed by atoms with Gasteiger partial charge in [0.15, 0.2) is 0 Å². The van der Waals surface area contributed by atoms with Crippen LogP contribution in [0, 0.1) is 0 Å². The largest absolute Gasteiger partial charge is 0.310 e. The number of para-hydroxylation sites is 1. The number of anilines is 3. The van der Waals surface area contributed by atoms with E-state index in [-0.39, 0.29) is 0 Å². The first-order valence-corrected chi connectivity index (χ1v) is 23.2. The summed E-state index contributed by atoms with van der Waals surface area (Å²) in [4.78, 5) is 5.05. The summed E-state index contributed by atoms with van der Waals surface area (Å²) >= 11 is 1.94. The molecule has 11 aromatic rings. The average Bonchev–Trinajstić information content (AvgIpc) is 4.02. The van der Waals surface area contributed by atoms with Crippen molar-refractivity contribution in [2.45, 2.75) is 5.41 Å². The van der Waals surface area contributed by atoms with Gasteiger partial charge in [-0.05, 0) is 108 Å². The molecule has 0 unspecified atom stereocenters. The maximum Gasteiger partial charge on any atom is 0.0740 e. The summed E-state index contributed by atoms with van der Waals surface area (Å²) in [5.74, 6) is 0. The molecule has 2 heteroatoms. The molecule has 0 N–H and O–H groups in total. The number of nitrogens with zero attached hydrogens (tertiary/aromatic N) is 1. The van der Waals surface area contributed by atoms with E-state index in [0.717, 1.165) is 17.1 Å². The van der Waals surface area contributed by atoms with Crippen LogP contribution in [0.2, 0.25) is 0 Å². The molecule has 0 saturated carbocycles. The highest BCUT2D eigenvalue weighted by Crippen LogP contribution is 2.68. The van der Waals surface area contributed by atoms with E-state index in [1.807, 2.05) is 11.3 Å². The van der Waals surface area contributed by atoms with Crippen molar-refractivity contribution in [1.29, 1.82) is 0 Å². The van der Waals surface area contributed by atoms with E-state index < -0.39 is 5.41 Å². The maximum atomic E-state index is 2.46. The van der Waals surface area contributed by atoms with Crippen molar-refractivity contribution >= 4 is 39.2 Å². The smallest absolute Gasteiger partial charge is 0.0740 e. The molecule has 1 heterocycles. The van der Waals surface area contributed by atoms with Gasteiger partial charge in [-0.25, -0.2) is 0 Å². The van der Waals surface area contributed by atoms with Crippen LogP contribution in [0.15, 0.2) is 249 Å². The predicted molar refractivity (Wildman–Crippen MR) is 275 cm³/mol. The second kappa shape index (κ2) is 15.1. The van der Waals surface area contributed by atoms with E-state index in [9.17, 15) is 0 Å². The van der Waals surface area contributed by atoms with Gasteiger partial charge in [0.1, 0.15) is 0 Å². The van der Waals surface area contributed by atoms with E-state index in [2.05, 4.69) is 254 Å². The minimum atomic E-state index is -0.474. The van der Waals surface area contributed by atoms with Gasteiger partial charge in [-0.1, -0.05) is 218 Å². The number of benzene rings is 10. The van der Waals surface area contributed by atoms with Gasteiger partial charge in [0, 0.05) is 32.3 Å². The van der Waals surface area contributed by atoms with Crippen LogP contribution in [-0.2, 0) is 5.41 Å². The van der Waals surface area contributed by atoms with Crippen LogP contribution in [0.25, 0.3) is 76.2 Å². The molecule has 0 bridgehead atoms. The normalized spacial score (nSPS) is 12.7. The minimum Gasteiger partial charge on any atom is -0.310 e. The molecule has 10 aromatic carbocycles. The molecule has 0 fully saturated rings. The Morgan fingerprint density at radius 2 is 0.769 bits per heavy atom. The highest BCUT2D eigenvalue weighted by molar-refractivity contribution is 7.20. The maximum absolute atomic E-state index is 2.46. The predicted octanol–water partition coefficient (Wildman–Crippen LogP) is 17.4. The van der Waals surface area contributed by atoms with E-state index >= 15 is 0 Å². The molecule has 0 radical (unpaired) electrons. The standard InChI is InChI=1S/C63H41NS/c1-3-18-42(19-4-1)43-34-38-47(39-35-43)64(48-40-36-45(37-41-48)50-29-17-23-44-20-7-8-24-49(44)50)58-33-16-12-28-54(58)62-59-53-27-11-15-32-57(53)63(60(59)61(65-62)46-21-5-2-6-22-46)55-30-13-9-25-51(55)52-26-10-14-31-56(52)63/h1-41H. The molecule has 0 aliphatic heterocycles. The van der Waals surface area contributed by atoms with Gasteiger partial charge in [0.2, 0.25) is 0 Å². The fraction of sp³-hybridized carbons (Fsp3) is 0.0159. The Labute approximate surface area is 383 Å². The number of fused-ring (bicyclic) bond motifs is 11. The summed E-state index contributed by atoms with van der Waals surface area (Å²) in [6.07, 6.45) is 0. The van der Waals surface area contributed by atoms with E-state index in [4.69, 9.17) is 0 Å². The van der Waals surface area contributed by atoms with Gasteiger partial charge in [-0.2, -0.15) is 0 Å². The quantitative estimate of drug-likeness (QED) is 0.154. The van der Waals surface area contributed by atoms with Crippen LogP contribution >= 0.6 is 11.3 Å². The zero-order valence-electron chi connectivity index (χ0n) is 35.5. The number of hydrogen-bond donors (Lipinski definition) is 0. The SMILES string of the molecule is c1ccc(-c2ccc(N(c3ccc(-c4cccc5ccccc45)cc3)c3ccccc3-c3sc(-c4ccccc4)c4c3-c3ccccc3C43c4ccccc4-c4ccccc43)cc2)cc1. The lowest BCUT2D eigenvalue weighted by Gasteiger charge is -2.31. The fourth-order valence-electron chi connectivity index (χ4n) is 11.0. The summed E-state index contributed by atoms with van der Waals surface area (Å²) < 4.78 is 0. The Kier molecular flexibility index (Phi) is 8.69. The third kappa shape index (κ3) is 5.71. The van der Waals surface area contributed by atoms with Gasteiger partial charge >= 0.3 is 0 Å². The molecule has 0 atom stereocenters. The first-order valence-electron chi connectivity index (χ1n) is 22.4. The minimum absolute atomic E-state index is 0.474. The Morgan fingerprint density at radius 1 is 0.308 bits per heavy atom. The summed E-state index contributed by atoms with van der Waals surface area (Å²) in [7, 11) is 0. The summed E-state index contributed by atoms with van der Waals surface area (Å²) in [6, 6.07) is 91.8. The molecule has 0 amide bonds. The van der Waals surface area contributed by atoms with Crippen LogP contribution in [0.4, 0.5) is 17.1 Å². The van der Waals surface area contributed by atoms with Crippen LogP contribution < -0.4 is 4.90 Å². The van der Waals surface area contributed by atoms with E-state index in [0.29, 0.717) is 0 Å². The van der Waals surface area contributed by atoms with E-state index in [1.54, 1.807) is 0 Å². The molecular formula is C63H41NS. The fourth-order valence-corrected chi connectivity index (χ4v) is 12.4. The summed E-state index contributed by atoms with van der Waals surface area (Å²) in [5, 5.41) is 2.50. The van der Waals surface area contributed by atoms with Crippen LogP contribution in [-0.4, -0.2) is 0 Å². The second-order valence-corrected chi connectivity index (χ2v) is 18.1. The number of rotatable bonds is 7. The Balaban J connectivity index is 1.06. The lowest BCUT2D eigenvalue weighted by atomic mass is 9.70. The third-order valence-corrected chi connectivity index (χ3v) is 15.0. The summed E-state index contributed by atoms with van der Waals surface area (Å²) in [5.41, 5.74) is 20.8. The van der Waals surface area contributed by atoms with Gasteiger partial charge in [0.05, 0.1) is 11.1 Å². The van der Waals surface area contributed by atoms with Crippen LogP contribution in [0.5, 0.6) is 0 Å². The zero-order chi connectivity index (χ0) is 42.9. The van der Waals surface area contributed by atoms with Gasteiger partial charge in [0.25, 0.3) is 0 Å². The molecule has 0 saturated heterocycles. The molecule has 2 aliphatic rings.